The number of ether oxygens (including phenoxy) is 1. The summed E-state index contributed by atoms with van der Waals surface area (Å²) in [6.07, 6.45) is 0.248. The maximum absolute atomic E-state index is 14.4. The highest BCUT2D eigenvalue weighted by Gasteiger charge is 2.43. The van der Waals surface area contributed by atoms with E-state index in [1.54, 1.807) is 12.1 Å². The number of aldehydes is 1. The number of fused-ring (bicyclic) bond motifs is 3. The molecule has 2 fully saturated rings. The van der Waals surface area contributed by atoms with Crippen LogP contribution < -0.4 is 4.90 Å². The number of pyridine rings is 1. The zero-order valence-corrected chi connectivity index (χ0v) is 27.2. The molecule has 2 aromatic heterocycles. The molecule has 2 amide bonds. The van der Waals surface area contributed by atoms with Crippen molar-refractivity contribution in [3.8, 4) is 0 Å². The van der Waals surface area contributed by atoms with Crippen LogP contribution in [-0.4, -0.2) is 118 Å². The fourth-order valence-electron chi connectivity index (χ4n) is 7.53. The van der Waals surface area contributed by atoms with Crippen molar-refractivity contribution in [1.29, 1.82) is 0 Å². The van der Waals surface area contributed by atoms with E-state index in [9.17, 15) is 23.9 Å². The molecule has 1 aromatic carbocycles. The summed E-state index contributed by atoms with van der Waals surface area (Å²) in [5, 5.41) is 9.92. The summed E-state index contributed by atoms with van der Waals surface area (Å²) < 4.78 is 21.4. The van der Waals surface area contributed by atoms with Crippen molar-refractivity contribution in [2.24, 2.45) is 0 Å². The molecular formula is C34H43FN6O5. The molecule has 46 heavy (non-hydrogen) atoms. The number of aryl methyl sites for hydroxylation is 1. The standard InChI is InChI=1S/C34H43FN6O5/c1-21-14-38(27(16-39(21)33(44)45)15-37-10-11-46-19-22(37)2)17-30(43)40-20-34(4,5)32-29(40)13-25(12-24-6-8-26(35)9-7-24)31-28(18-42)36-23(3)41(31)32/h6-9,13,18,21-22,27H,10-12,14-17,19-20H2,1-5H3,(H,44,45)/t21-,22-,27+/m1/s1. The Hall–Kier alpha value is -3.87. The molecule has 3 aliphatic rings. The van der Waals surface area contributed by atoms with Crippen LogP contribution in [0.3, 0.4) is 0 Å². The number of nitrogens with zero attached hydrogens (tertiary/aromatic N) is 6. The molecular weight excluding hydrogens is 591 g/mol. The molecule has 246 valence electrons. The summed E-state index contributed by atoms with van der Waals surface area (Å²) >= 11 is 0. The Kier molecular flexibility index (Phi) is 8.64. The number of imidazole rings is 1. The number of benzene rings is 1. The molecule has 5 heterocycles. The van der Waals surface area contributed by atoms with Gasteiger partial charge >= 0.3 is 6.09 Å². The summed E-state index contributed by atoms with van der Waals surface area (Å²) in [5.74, 6) is 0.272. The Labute approximate surface area is 268 Å². The first kappa shape index (κ1) is 32.1. The Bertz CT molecular complexity index is 1660. The lowest BCUT2D eigenvalue weighted by molar-refractivity contribution is -0.121. The smallest absolute Gasteiger partial charge is 0.407 e. The number of piperazine rings is 1. The summed E-state index contributed by atoms with van der Waals surface area (Å²) in [4.78, 5) is 51.0. The van der Waals surface area contributed by atoms with Crippen LogP contribution in [0.1, 0.15) is 60.8 Å². The topological polar surface area (TPSA) is 111 Å². The predicted octanol–water partition coefficient (Wildman–Crippen LogP) is 3.58. The molecule has 0 bridgehead atoms. The van der Waals surface area contributed by atoms with E-state index in [0.29, 0.717) is 62.8 Å². The van der Waals surface area contributed by atoms with Crippen molar-refractivity contribution in [2.75, 3.05) is 57.4 Å². The van der Waals surface area contributed by atoms with Gasteiger partial charge in [-0.3, -0.25) is 23.8 Å². The monoisotopic (exact) mass is 634 g/mol. The van der Waals surface area contributed by atoms with E-state index in [4.69, 9.17) is 4.74 Å². The SMILES string of the molecule is Cc1nc(C=O)c2c(Cc3ccc(F)cc3)cc3c(n12)C(C)(C)CN3C(=O)CN1C[C@@H](C)N(C(=O)O)C[C@@H]1CN1CCOC[C@H]1C. The van der Waals surface area contributed by atoms with Crippen LogP contribution in [0.15, 0.2) is 30.3 Å². The molecule has 3 aliphatic heterocycles. The molecule has 12 heteroatoms. The summed E-state index contributed by atoms with van der Waals surface area (Å²) in [7, 11) is 0. The third-order valence-corrected chi connectivity index (χ3v) is 9.85. The van der Waals surface area contributed by atoms with Crippen molar-refractivity contribution in [1.82, 2.24) is 24.1 Å². The van der Waals surface area contributed by atoms with Gasteiger partial charge in [0.25, 0.3) is 0 Å². The molecule has 3 aromatic rings. The van der Waals surface area contributed by atoms with E-state index < -0.39 is 11.5 Å². The van der Waals surface area contributed by atoms with Gasteiger partial charge in [0.15, 0.2) is 6.29 Å². The highest BCUT2D eigenvalue weighted by atomic mass is 19.1. The molecule has 2 saturated heterocycles. The fraction of sp³-hybridized carbons (Fsp3) is 0.529. The van der Waals surface area contributed by atoms with Crippen molar-refractivity contribution >= 4 is 29.5 Å². The number of hydrogen-bond acceptors (Lipinski definition) is 7. The van der Waals surface area contributed by atoms with Gasteiger partial charge in [0.1, 0.15) is 17.3 Å². The second-order valence-corrected chi connectivity index (χ2v) is 13.7. The van der Waals surface area contributed by atoms with Crippen LogP contribution in [-0.2, 0) is 21.4 Å². The molecule has 0 radical (unpaired) electrons. The van der Waals surface area contributed by atoms with E-state index in [-0.39, 0.29) is 36.4 Å². The van der Waals surface area contributed by atoms with Crippen LogP contribution in [0.2, 0.25) is 0 Å². The quantitative estimate of drug-likeness (QED) is 0.393. The van der Waals surface area contributed by atoms with E-state index >= 15 is 0 Å². The van der Waals surface area contributed by atoms with E-state index in [0.717, 1.165) is 35.3 Å². The summed E-state index contributed by atoms with van der Waals surface area (Å²) in [5.41, 5.74) is 3.99. The van der Waals surface area contributed by atoms with E-state index in [1.165, 1.54) is 17.0 Å². The number of aromatic nitrogens is 2. The second kappa shape index (κ2) is 12.4. The Morgan fingerprint density at radius 3 is 2.54 bits per heavy atom. The highest BCUT2D eigenvalue weighted by Crippen LogP contribution is 2.43. The Balaban J connectivity index is 1.36. The average molecular weight is 635 g/mol. The number of anilines is 1. The normalized spacial score (nSPS) is 23.6. The maximum atomic E-state index is 14.4. The van der Waals surface area contributed by atoms with Gasteiger partial charge in [-0.25, -0.2) is 14.2 Å². The average Bonchev–Trinajstić information content (AvgIpc) is 3.48. The Morgan fingerprint density at radius 2 is 1.87 bits per heavy atom. The molecule has 0 aliphatic carbocycles. The number of carboxylic acid groups (broad SMARTS) is 1. The fourth-order valence-corrected chi connectivity index (χ4v) is 7.53. The number of carbonyl (C=O) groups is 3. The first-order chi connectivity index (χ1) is 21.9. The number of amides is 2. The van der Waals surface area contributed by atoms with Crippen LogP contribution in [0.25, 0.3) is 5.52 Å². The van der Waals surface area contributed by atoms with Gasteiger partial charge in [0.05, 0.1) is 36.7 Å². The molecule has 11 nitrogen and oxygen atoms in total. The summed E-state index contributed by atoms with van der Waals surface area (Å²) in [6.45, 7) is 14.1. The van der Waals surface area contributed by atoms with Gasteiger partial charge in [-0.05, 0) is 56.5 Å². The number of hydrogen-bond donors (Lipinski definition) is 1. The zero-order chi connectivity index (χ0) is 32.9. The van der Waals surface area contributed by atoms with Crippen LogP contribution >= 0.6 is 0 Å². The maximum Gasteiger partial charge on any atom is 0.407 e. The zero-order valence-electron chi connectivity index (χ0n) is 27.2. The van der Waals surface area contributed by atoms with Crippen molar-refractivity contribution < 1.29 is 28.6 Å². The lowest BCUT2D eigenvalue weighted by Gasteiger charge is -2.47. The minimum absolute atomic E-state index is 0.0664. The lowest BCUT2D eigenvalue weighted by atomic mass is 9.90. The van der Waals surface area contributed by atoms with Gasteiger partial charge in [0.2, 0.25) is 5.91 Å². The predicted molar refractivity (Wildman–Crippen MR) is 171 cm³/mol. The number of halogens is 1. The number of carbonyl (C=O) groups excluding carboxylic acids is 2. The van der Waals surface area contributed by atoms with E-state index in [2.05, 4.69) is 35.6 Å². The molecule has 6 rings (SSSR count). The highest BCUT2D eigenvalue weighted by molar-refractivity contribution is 5.98. The first-order valence-electron chi connectivity index (χ1n) is 16.0. The molecule has 0 saturated carbocycles. The van der Waals surface area contributed by atoms with Crippen LogP contribution in [0, 0.1) is 12.7 Å². The van der Waals surface area contributed by atoms with Gasteiger partial charge in [-0.1, -0.05) is 26.0 Å². The lowest BCUT2D eigenvalue weighted by Crippen LogP contribution is -2.64. The largest absolute Gasteiger partial charge is 0.465 e. The van der Waals surface area contributed by atoms with E-state index in [1.807, 2.05) is 29.2 Å². The van der Waals surface area contributed by atoms with Gasteiger partial charge in [0, 0.05) is 56.3 Å². The van der Waals surface area contributed by atoms with Crippen molar-refractivity contribution in [3.63, 3.8) is 0 Å². The minimum Gasteiger partial charge on any atom is -0.465 e. The molecule has 1 N–H and O–H groups in total. The Morgan fingerprint density at radius 1 is 1.13 bits per heavy atom. The third-order valence-electron chi connectivity index (χ3n) is 9.85. The summed E-state index contributed by atoms with van der Waals surface area (Å²) in [6, 6.07) is 8.06. The third kappa shape index (κ3) is 5.89. The van der Waals surface area contributed by atoms with Crippen molar-refractivity contribution in [3.05, 3.63) is 64.5 Å². The van der Waals surface area contributed by atoms with Crippen molar-refractivity contribution in [2.45, 2.75) is 64.6 Å². The number of morpholine rings is 1. The van der Waals surface area contributed by atoms with Gasteiger partial charge in [-0.15, -0.1) is 0 Å². The van der Waals surface area contributed by atoms with Crippen LogP contribution in [0.5, 0.6) is 0 Å². The van der Waals surface area contributed by atoms with Gasteiger partial charge < -0.3 is 19.6 Å². The minimum atomic E-state index is -0.947. The van der Waals surface area contributed by atoms with Crippen LogP contribution in [0.4, 0.5) is 14.9 Å². The second-order valence-electron chi connectivity index (χ2n) is 13.7. The van der Waals surface area contributed by atoms with Gasteiger partial charge in [-0.2, -0.15) is 0 Å². The number of rotatable bonds is 7. The molecule has 3 atom stereocenters. The molecule has 0 unspecified atom stereocenters. The molecule has 0 spiro atoms. The first-order valence-corrected chi connectivity index (χ1v) is 16.0.